The van der Waals surface area contributed by atoms with Gasteiger partial charge in [0.1, 0.15) is 0 Å². The Morgan fingerprint density at radius 3 is 2.61 bits per heavy atom. The van der Waals surface area contributed by atoms with Gasteiger partial charge in [-0.15, -0.1) is 0 Å². The average molecular weight is 337 g/mol. The lowest BCUT2D eigenvalue weighted by atomic mass is 9.74. The van der Waals surface area contributed by atoms with E-state index in [1.807, 2.05) is 26.8 Å². The molecule has 1 aromatic rings. The summed E-state index contributed by atoms with van der Waals surface area (Å²) in [6.45, 7) is 5.61. The maximum Gasteiger partial charge on any atom is 0.308 e. The molecule has 0 bridgehead atoms. The molecule has 1 aromatic heterocycles. The van der Waals surface area contributed by atoms with Gasteiger partial charge in [0, 0.05) is 11.4 Å². The van der Waals surface area contributed by atoms with Crippen LogP contribution in [0.4, 0.5) is 0 Å². The van der Waals surface area contributed by atoms with Gasteiger partial charge >= 0.3 is 5.97 Å². The predicted octanol–water partition coefficient (Wildman–Crippen LogP) is 2.34. The Hall–Kier alpha value is -1.63. The molecule has 1 aliphatic carbocycles. The van der Waals surface area contributed by atoms with Crippen molar-refractivity contribution >= 4 is 23.6 Å². The molecule has 1 heterocycles. The van der Waals surface area contributed by atoms with Gasteiger partial charge in [0.15, 0.2) is 5.16 Å². The maximum absolute atomic E-state index is 12.2. The zero-order valence-corrected chi connectivity index (χ0v) is 14.6. The standard InChI is InChI=1S/C16H23N3O3S/c1-10-8-11(2)18-15(17-10)23-9-13(20)19-16(3)7-5-4-6-12(16)14(21)22/h8,12H,4-7,9H2,1-3H3,(H,19,20)(H,21,22). The zero-order chi connectivity index (χ0) is 17.0. The molecule has 0 saturated heterocycles. The molecule has 1 saturated carbocycles. The number of rotatable bonds is 5. The third kappa shape index (κ3) is 4.67. The summed E-state index contributed by atoms with van der Waals surface area (Å²) >= 11 is 1.27. The van der Waals surface area contributed by atoms with E-state index >= 15 is 0 Å². The van der Waals surface area contributed by atoms with E-state index in [2.05, 4.69) is 15.3 Å². The van der Waals surface area contributed by atoms with Crippen LogP contribution in [0.25, 0.3) is 0 Å². The fourth-order valence-corrected chi connectivity index (χ4v) is 3.87. The third-order valence-electron chi connectivity index (χ3n) is 4.23. The van der Waals surface area contributed by atoms with Crippen molar-refractivity contribution in [2.75, 3.05) is 5.75 Å². The molecule has 7 heteroatoms. The van der Waals surface area contributed by atoms with Crippen molar-refractivity contribution in [1.82, 2.24) is 15.3 Å². The molecular formula is C16H23N3O3S. The number of carboxylic acid groups (broad SMARTS) is 1. The number of carbonyl (C=O) groups excluding carboxylic acids is 1. The van der Waals surface area contributed by atoms with E-state index in [1.54, 1.807) is 0 Å². The van der Waals surface area contributed by atoms with E-state index in [0.717, 1.165) is 24.2 Å². The minimum absolute atomic E-state index is 0.173. The Morgan fingerprint density at radius 2 is 2.00 bits per heavy atom. The Morgan fingerprint density at radius 1 is 1.35 bits per heavy atom. The summed E-state index contributed by atoms with van der Waals surface area (Å²) in [6.07, 6.45) is 3.14. The van der Waals surface area contributed by atoms with E-state index in [1.165, 1.54) is 11.8 Å². The maximum atomic E-state index is 12.2. The summed E-state index contributed by atoms with van der Waals surface area (Å²) < 4.78 is 0. The van der Waals surface area contributed by atoms with Crippen molar-refractivity contribution in [2.45, 2.75) is 57.1 Å². The van der Waals surface area contributed by atoms with Gasteiger partial charge in [-0.3, -0.25) is 9.59 Å². The fraction of sp³-hybridized carbons (Fsp3) is 0.625. The van der Waals surface area contributed by atoms with Gasteiger partial charge in [-0.1, -0.05) is 24.6 Å². The lowest BCUT2D eigenvalue weighted by molar-refractivity contribution is -0.146. The molecule has 0 aliphatic heterocycles. The monoisotopic (exact) mass is 337 g/mol. The van der Waals surface area contributed by atoms with Crippen LogP contribution in [-0.4, -0.2) is 38.2 Å². The molecule has 2 atom stereocenters. The first kappa shape index (κ1) is 17.7. The second-order valence-corrected chi connectivity index (χ2v) is 7.27. The number of carboxylic acids is 1. The normalized spacial score (nSPS) is 24.2. The molecule has 2 unspecified atom stereocenters. The van der Waals surface area contributed by atoms with E-state index in [-0.39, 0.29) is 11.7 Å². The van der Waals surface area contributed by atoms with Crippen molar-refractivity contribution in [3.63, 3.8) is 0 Å². The highest BCUT2D eigenvalue weighted by molar-refractivity contribution is 7.99. The first-order chi connectivity index (χ1) is 10.8. The number of thioether (sulfide) groups is 1. The minimum Gasteiger partial charge on any atom is -0.481 e. The first-order valence-corrected chi connectivity index (χ1v) is 8.77. The zero-order valence-electron chi connectivity index (χ0n) is 13.8. The minimum atomic E-state index is -0.835. The number of amides is 1. The Kier molecular flexibility index (Phi) is 5.62. The smallest absolute Gasteiger partial charge is 0.308 e. The van der Waals surface area contributed by atoms with E-state index in [0.29, 0.717) is 18.0 Å². The average Bonchev–Trinajstić information content (AvgIpc) is 2.44. The van der Waals surface area contributed by atoms with E-state index in [4.69, 9.17) is 0 Å². The molecule has 1 amide bonds. The summed E-state index contributed by atoms with van der Waals surface area (Å²) in [5.41, 5.74) is 1.06. The Bertz CT molecular complexity index is 588. The molecule has 0 spiro atoms. The topological polar surface area (TPSA) is 92.2 Å². The van der Waals surface area contributed by atoms with Gasteiger partial charge in [-0.2, -0.15) is 0 Å². The molecule has 2 N–H and O–H groups in total. The van der Waals surface area contributed by atoms with Crippen LogP contribution < -0.4 is 5.32 Å². The highest BCUT2D eigenvalue weighted by Crippen LogP contribution is 2.34. The quantitative estimate of drug-likeness (QED) is 0.633. The van der Waals surface area contributed by atoms with Crippen molar-refractivity contribution in [3.05, 3.63) is 17.5 Å². The molecule has 6 nitrogen and oxygen atoms in total. The van der Waals surface area contributed by atoms with Crippen molar-refractivity contribution < 1.29 is 14.7 Å². The van der Waals surface area contributed by atoms with Gasteiger partial charge in [-0.25, -0.2) is 9.97 Å². The van der Waals surface area contributed by atoms with Gasteiger partial charge < -0.3 is 10.4 Å². The number of nitrogens with zero attached hydrogens (tertiary/aromatic N) is 2. The first-order valence-electron chi connectivity index (χ1n) is 7.79. The summed E-state index contributed by atoms with van der Waals surface area (Å²) in [5, 5.41) is 12.9. The molecular weight excluding hydrogens is 314 g/mol. The molecule has 2 rings (SSSR count). The highest BCUT2D eigenvalue weighted by Gasteiger charge is 2.42. The summed E-state index contributed by atoms with van der Waals surface area (Å²) in [7, 11) is 0. The van der Waals surface area contributed by atoms with Crippen molar-refractivity contribution in [3.8, 4) is 0 Å². The summed E-state index contributed by atoms with van der Waals surface area (Å²) in [4.78, 5) is 32.3. The Balaban J connectivity index is 1.96. The van der Waals surface area contributed by atoms with Crippen LogP contribution in [0.2, 0.25) is 0 Å². The van der Waals surface area contributed by atoms with Crippen LogP contribution >= 0.6 is 11.8 Å². The number of aryl methyl sites for hydroxylation is 2. The Labute approximate surface area is 140 Å². The number of carbonyl (C=O) groups is 2. The highest BCUT2D eigenvalue weighted by atomic mass is 32.2. The second-order valence-electron chi connectivity index (χ2n) is 6.32. The third-order valence-corrected chi connectivity index (χ3v) is 5.07. The molecule has 0 aromatic carbocycles. The van der Waals surface area contributed by atoms with E-state index < -0.39 is 17.4 Å². The largest absolute Gasteiger partial charge is 0.481 e. The van der Waals surface area contributed by atoms with Crippen LogP contribution in [0.1, 0.15) is 44.0 Å². The molecule has 1 aliphatic rings. The molecule has 23 heavy (non-hydrogen) atoms. The van der Waals surface area contributed by atoms with Gasteiger partial charge in [-0.05, 0) is 39.7 Å². The number of nitrogens with one attached hydrogen (secondary N) is 1. The van der Waals surface area contributed by atoms with Crippen LogP contribution in [0.5, 0.6) is 0 Å². The molecule has 1 fully saturated rings. The lowest BCUT2D eigenvalue weighted by Gasteiger charge is -2.39. The van der Waals surface area contributed by atoms with Crippen molar-refractivity contribution in [2.24, 2.45) is 5.92 Å². The van der Waals surface area contributed by atoms with Gasteiger partial charge in [0.2, 0.25) is 5.91 Å². The van der Waals surface area contributed by atoms with E-state index in [9.17, 15) is 14.7 Å². The SMILES string of the molecule is Cc1cc(C)nc(SCC(=O)NC2(C)CCCCC2C(=O)O)n1. The molecule has 126 valence electrons. The van der Waals surface area contributed by atoms with Gasteiger partial charge in [0.25, 0.3) is 0 Å². The van der Waals surface area contributed by atoms with Gasteiger partial charge in [0.05, 0.1) is 17.2 Å². The predicted molar refractivity (Wildman–Crippen MR) is 88.4 cm³/mol. The number of aliphatic carboxylic acids is 1. The van der Waals surface area contributed by atoms with Crippen LogP contribution in [0.15, 0.2) is 11.2 Å². The van der Waals surface area contributed by atoms with Crippen LogP contribution in [0.3, 0.4) is 0 Å². The molecule has 0 radical (unpaired) electrons. The van der Waals surface area contributed by atoms with Crippen molar-refractivity contribution in [1.29, 1.82) is 0 Å². The second kappa shape index (κ2) is 7.29. The number of aromatic nitrogens is 2. The number of hydrogen-bond donors (Lipinski definition) is 2. The number of hydrogen-bond acceptors (Lipinski definition) is 5. The lowest BCUT2D eigenvalue weighted by Crippen LogP contribution is -2.55. The van der Waals surface area contributed by atoms with Crippen LogP contribution in [-0.2, 0) is 9.59 Å². The summed E-state index contributed by atoms with van der Waals surface area (Å²) in [5.74, 6) is -1.35. The van der Waals surface area contributed by atoms with Crippen LogP contribution in [0, 0.1) is 19.8 Å². The fourth-order valence-electron chi connectivity index (χ4n) is 3.12. The summed E-state index contributed by atoms with van der Waals surface area (Å²) in [6, 6.07) is 1.88.